The van der Waals surface area contributed by atoms with Crippen LogP contribution in [0.25, 0.3) is 0 Å². The molecule has 1 aliphatic heterocycles. The first-order valence-electron chi connectivity index (χ1n) is 7.96. The number of carboxylic acids is 1. The molecule has 6 nitrogen and oxygen atoms in total. The minimum absolute atomic E-state index is 0.135. The van der Waals surface area contributed by atoms with Crippen LogP contribution >= 0.6 is 0 Å². The lowest BCUT2D eigenvalue weighted by Crippen LogP contribution is -2.44. The minimum atomic E-state index is -0.854. The number of benzene rings is 1. The number of nitrogens with zero attached hydrogens (tertiary/aromatic N) is 1. The summed E-state index contributed by atoms with van der Waals surface area (Å²) in [6.45, 7) is 4.38. The van der Waals surface area contributed by atoms with E-state index in [9.17, 15) is 9.59 Å². The molecule has 0 bridgehead atoms. The number of ether oxygens (including phenoxy) is 2. The van der Waals surface area contributed by atoms with Crippen LogP contribution in [-0.4, -0.2) is 48.7 Å². The second-order valence-electron chi connectivity index (χ2n) is 5.78. The van der Waals surface area contributed by atoms with E-state index >= 15 is 0 Å². The fourth-order valence-corrected chi connectivity index (χ4v) is 2.76. The number of hydrogen-bond donors (Lipinski definition) is 1. The van der Waals surface area contributed by atoms with Gasteiger partial charge in [-0.1, -0.05) is 12.1 Å². The molecular weight excluding hydrogens is 310 g/mol. The normalized spacial score (nSPS) is 17.2. The molecule has 1 fully saturated rings. The molecule has 24 heavy (non-hydrogen) atoms. The highest BCUT2D eigenvalue weighted by Crippen LogP contribution is 2.28. The summed E-state index contributed by atoms with van der Waals surface area (Å²) >= 11 is 0. The molecule has 1 N–H and O–H groups in total. The van der Waals surface area contributed by atoms with E-state index in [4.69, 9.17) is 14.6 Å². The van der Waals surface area contributed by atoms with Gasteiger partial charge in [0.15, 0.2) is 18.1 Å². The Kier molecular flexibility index (Phi) is 6.23. The van der Waals surface area contributed by atoms with E-state index in [1.54, 1.807) is 24.2 Å². The van der Waals surface area contributed by atoms with Gasteiger partial charge < -0.3 is 19.5 Å². The van der Waals surface area contributed by atoms with Gasteiger partial charge in [0.2, 0.25) is 0 Å². The van der Waals surface area contributed by atoms with E-state index in [1.807, 2.05) is 12.1 Å². The molecule has 0 spiro atoms. The summed E-state index contributed by atoms with van der Waals surface area (Å²) in [6.07, 6.45) is 3.83. The number of amides is 1. The van der Waals surface area contributed by atoms with Gasteiger partial charge in [-0.25, -0.2) is 0 Å². The summed E-state index contributed by atoms with van der Waals surface area (Å²) in [6, 6.07) is 5.51. The van der Waals surface area contributed by atoms with Crippen LogP contribution in [0.15, 0.2) is 30.9 Å². The van der Waals surface area contributed by atoms with Crippen LogP contribution in [0.4, 0.5) is 0 Å². The van der Waals surface area contributed by atoms with Gasteiger partial charge in [0, 0.05) is 13.1 Å². The van der Waals surface area contributed by atoms with Gasteiger partial charge in [0.25, 0.3) is 5.91 Å². The Labute approximate surface area is 141 Å². The molecule has 130 valence electrons. The van der Waals surface area contributed by atoms with Crippen LogP contribution in [0.3, 0.4) is 0 Å². The highest BCUT2D eigenvalue weighted by Gasteiger charge is 2.28. The van der Waals surface area contributed by atoms with Crippen LogP contribution in [0.5, 0.6) is 11.5 Å². The predicted octanol–water partition coefficient (Wildman–Crippen LogP) is 2.13. The maximum atomic E-state index is 12.3. The van der Waals surface area contributed by atoms with Crippen LogP contribution < -0.4 is 9.47 Å². The standard InChI is InChI=1S/C18H23NO5/c1-3-5-13-7-8-15(16(10-13)23-2)24-12-17(20)19-9-4-6-14(11-19)18(21)22/h3,7-8,10,14H,1,4-6,9,11-12H2,2H3,(H,21,22)/t14-/m1/s1. The number of rotatable bonds is 7. The van der Waals surface area contributed by atoms with Crippen molar-refractivity contribution >= 4 is 11.9 Å². The molecule has 0 unspecified atom stereocenters. The lowest BCUT2D eigenvalue weighted by atomic mass is 9.98. The molecule has 1 saturated heterocycles. The summed E-state index contributed by atoms with van der Waals surface area (Å²) in [5.74, 6) is -0.504. The Morgan fingerprint density at radius 1 is 1.42 bits per heavy atom. The molecule has 1 atom stereocenters. The number of carboxylic acid groups (broad SMARTS) is 1. The van der Waals surface area contributed by atoms with E-state index in [1.165, 1.54) is 0 Å². The molecule has 2 rings (SSSR count). The van der Waals surface area contributed by atoms with Crippen LogP contribution in [0.1, 0.15) is 18.4 Å². The molecule has 0 radical (unpaired) electrons. The van der Waals surface area contributed by atoms with Gasteiger partial charge >= 0.3 is 5.97 Å². The minimum Gasteiger partial charge on any atom is -0.493 e. The summed E-state index contributed by atoms with van der Waals surface area (Å²) < 4.78 is 10.9. The zero-order valence-electron chi connectivity index (χ0n) is 13.9. The van der Waals surface area contributed by atoms with Gasteiger partial charge in [-0.2, -0.15) is 0 Å². The van der Waals surface area contributed by atoms with Crippen molar-refractivity contribution in [2.75, 3.05) is 26.8 Å². The predicted molar refractivity (Wildman–Crippen MR) is 89.3 cm³/mol. The van der Waals surface area contributed by atoms with Crippen molar-refractivity contribution in [1.82, 2.24) is 4.90 Å². The van der Waals surface area contributed by atoms with E-state index in [0.717, 1.165) is 12.0 Å². The van der Waals surface area contributed by atoms with E-state index in [2.05, 4.69) is 6.58 Å². The van der Waals surface area contributed by atoms with Crippen molar-refractivity contribution in [1.29, 1.82) is 0 Å². The number of carbonyl (C=O) groups excluding carboxylic acids is 1. The first kappa shape index (κ1) is 17.8. The number of hydrogen-bond acceptors (Lipinski definition) is 4. The third-order valence-electron chi connectivity index (χ3n) is 4.08. The van der Waals surface area contributed by atoms with E-state index in [0.29, 0.717) is 30.9 Å². The second-order valence-corrected chi connectivity index (χ2v) is 5.78. The molecule has 1 aromatic carbocycles. The molecule has 0 saturated carbocycles. The first-order chi connectivity index (χ1) is 11.5. The zero-order valence-corrected chi connectivity index (χ0v) is 13.9. The maximum Gasteiger partial charge on any atom is 0.308 e. The number of carbonyl (C=O) groups is 2. The molecule has 1 amide bonds. The number of aliphatic carboxylic acids is 1. The zero-order chi connectivity index (χ0) is 17.5. The Morgan fingerprint density at radius 2 is 2.21 bits per heavy atom. The quantitative estimate of drug-likeness (QED) is 0.774. The van der Waals surface area contributed by atoms with Gasteiger partial charge in [0.05, 0.1) is 13.0 Å². The third-order valence-corrected chi connectivity index (χ3v) is 4.08. The topological polar surface area (TPSA) is 76.1 Å². The molecule has 1 heterocycles. The van der Waals surface area contributed by atoms with Gasteiger partial charge in [-0.3, -0.25) is 9.59 Å². The molecular formula is C18H23NO5. The molecule has 1 aromatic rings. The Morgan fingerprint density at radius 3 is 2.88 bits per heavy atom. The van der Waals surface area contributed by atoms with Crippen molar-refractivity contribution in [2.24, 2.45) is 5.92 Å². The molecule has 1 aliphatic rings. The molecule has 0 aliphatic carbocycles. The summed E-state index contributed by atoms with van der Waals surface area (Å²) in [7, 11) is 1.55. The SMILES string of the molecule is C=CCc1ccc(OCC(=O)N2CCC[C@@H](C(=O)O)C2)c(OC)c1. The van der Waals surface area contributed by atoms with E-state index in [-0.39, 0.29) is 19.1 Å². The van der Waals surface area contributed by atoms with Crippen LogP contribution in [0, 0.1) is 5.92 Å². The number of methoxy groups -OCH3 is 1. The summed E-state index contributed by atoms with van der Waals surface area (Å²) in [5.41, 5.74) is 1.04. The van der Waals surface area contributed by atoms with Crippen LogP contribution in [0.2, 0.25) is 0 Å². The van der Waals surface area contributed by atoms with Crippen LogP contribution in [-0.2, 0) is 16.0 Å². The Balaban J connectivity index is 1.96. The third kappa shape index (κ3) is 4.50. The van der Waals surface area contributed by atoms with Gasteiger partial charge in [-0.05, 0) is 37.0 Å². The largest absolute Gasteiger partial charge is 0.493 e. The average molecular weight is 333 g/mol. The number of likely N-dealkylation sites (tertiary alicyclic amines) is 1. The fraction of sp³-hybridized carbons (Fsp3) is 0.444. The fourth-order valence-electron chi connectivity index (χ4n) is 2.76. The van der Waals surface area contributed by atoms with Gasteiger partial charge in [-0.15, -0.1) is 6.58 Å². The van der Waals surface area contributed by atoms with E-state index < -0.39 is 11.9 Å². The van der Waals surface area contributed by atoms with Crippen molar-refractivity contribution < 1.29 is 24.2 Å². The number of piperidine rings is 1. The van der Waals surface area contributed by atoms with Crippen molar-refractivity contribution in [2.45, 2.75) is 19.3 Å². The lowest BCUT2D eigenvalue weighted by Gasteiger charge is -2.30. The highest BCUT2D eigenvalue weighted by molar-refractivity contribution is 5.79. The monoisotopic (exact) mass is 333 g/mol. The smallest absolute Gasteiger partial charge is 0.308 e. The van der Waals surface area contributed by atoms with Crippen molar-refractivity contribution in [3.63, 3.8) is 0 Å². The van der Waals surface area contributed by atoms with Crippen molar-refractivity contribution in [3.05, 3.63) is 36.4 Å². The molecule has 0 aromatic heterocycles. The Hall–Kier alpha value is -2.50. The Bertz CT molecular complexity index is 613. The molecule has 6 heteroatoms. The highest BCUT2D eigenvalue weighted by atomic mass is 16.5. The second kappa shape index (κ2) is 8.38. The van der Waals surface area contributed by atoms with Gasteiger partial charge in [0.1, 0.15) is 0 Å². The van der Waals surface area contributed by atoms with Crippen molar-refractivity contribution in [3.8, 4) is 11.5 Å². The first-order valence-corrected chi connectivity index (χ1v) is 7.96. The number of allylic oxidation sites excluding steroid dienone is 1. The summed E-state index contributed by atoms with van der Waals surface area (Å²) in [4.78, 5) is 24.9. The summed E-state index contributed by atoms with van der Waals surface area (Å²) in [5, 5.41) is 9.09. The maximum absolute atomic E-state index is 12.3. The lowest BCUT2D eigenvalue weighted by molar-refractivity contribution is -0.146. The average Bonchev–Trinajstić information content (AvgIpc) is 2.60.